The normalized spacial score (nSPS) is 13.8. The second-order valence-corrected chi connectivity index (χ2v) is 9.25. The minimum atomic E-state index is -5.14. The van der Waals surface area contributed by atoms with Crippen LogP contribution in [0.4, 0.5) is 0 Å². The molecular formula is C19H12Cl4O5S. The van der Waals surface area contributed by atoms with Crippen molar-refractivity contribution in [2.24, 2.45) is 0 Å². The van der Waals surface area contributed by atoms with Gasteiger partial charge in [0.2, 0.25) is 0 Å². The molecule has 0 spiro atoms. The number of halogens is 4. The SMILES string of the molecule is O=S(=O)(O)C(c1ccc(Cl)cc1)(c1ccc(Cl)c(Cl)c1O)c1c(O)cccc1Cl. The van der Waals surface area contributed by atoms with Gasteiger partial charge in [0.05, 0.1) is 5.02 Å². The Bertz CT molecular complexity index is 1180. The van der Waals surface area contributed by atoms with E-state index in [1.807, 2.05) is 0 Å². The lowest BCUT2D eigenvalue weighted by Gasteiger charge is -2.34. The summed E-state index contributed by atoms with van der Waals surface area (Å²) in [6.45, 7) is 0. The van der Waals surface area contributed by atoms with Crippen LogP contribution in [0.1, 0.15) is 16.7 Å². The lowest BCUT2D eigenvalue weighted by molar-refractivity contribution is 0.428. The smallest absolute Gasteiger partial charge is 0.283 e. The summed E-state index contributed by atoms with van der Waals surface area (Å²) in [4.78, 5) is 0. The zero-order valence-corrected chi connectivity index (χ0v) is 18.1. The lowest BCUT2D eigenvalue weighted by Crippen LogP contribution is -2.38. The van der Waals surface area contributed by atoms with E-state index in [4.69, 9.17) is 46.4 Å². The first kappa shape index (κ1) is 22.0. The van der Waals surface area contributed by atoms with E-state index in [-0.39, 0.29) is 31.8 Å². The Balaban J connectivity index is 2.63. The van der Waals surface area contributed by atoms with E-state index in [2.05, 4.69) is 0 Å². The topological polar surface area (TPSA) is 94.8 Å². The minimum absolute atomic E-state index is 0.0448. The number of hydrogen-bond donors (Lipinski definition) is 3. The summed E-state index contributed by atoms with van der Waals surface area (Å²) in [5.41, 5.74) is -0.790. The first-order chi connectivity index (χ1) is 13.5. The summed E-state index contributed by atoms with van der Waals surface area (Å²) in [5, 5.41) is 21.0. The molecule has 0 aliphatic rings. The average Bonchev–Trinajstić information content (AvgIpc) is 2.64. The number of benzene rings is 3. The molecule has 0 heterocycles. The van der Waals surface area contributed by atoms with E-state index in [9.17, 15) is 23.2 Å². The largest absolute Gasteiger partial charge is 0.508 e. The van der Waals surface area contributed by atoms with Gasteiger partial charge in [-0.3, -0.25) is 4.55 Å². The first-order valence-corrected chi connectivity index (χ1v) is 10.9. The van der Waals surface area contributed by atoms with Gasteiger partial charge >= 0.3 is 0 Å². The van der Waals surface area contributed by atoms with Crippen LogP contribution in [0, 0.1) is 0 Å². The summed E-state index contributed by atoms with van der Waals surface area (Å²) in [6.07, 6.45) is 0. The number of phenolic OH excluding ortho intramolecular Hbond substituents is 2. The van der Waals surface area contributed by atoms with Crippen molar-refractivity contribution < 1.29 is 23.2 Å². The molecule has 1 unspecified atom stereocenters. The van der Waals surface area contributed by atoms with Crippen LogP contribution >= 0.6 is 46.4 Å². The zero-order valence-electron chi connectivity index (χ0n) is 14.3. The number of rotatable bonds is 4. The van der Waals surface area contributed by atoms with Gasteiger partial charge in [0, 0.05) is 21.2 Å². The van der Waals surface area contributed by atoms with Crippen molar-refractivity contribution in [1.29, 1.82) is 0 Å². The van der Waals surface area contributed by atoms with Gasteiger partial charge in [-0.25, -0.2) is 0 Å². The molecule has 0 aliphatic heterocycles. The molecule has 0 aromatic heterocycles. The molecule has 3 rings (SSSR count). The van der Waals surface area contributed by atoms with E-state index >= 15 is 0 Å². The van der Waals surface area contributed by atoms with Crippen molar-refractivity contribution in [3.63, 3.8) is 0 Å². The molecular weight excluding hydrogens is 482 g/mol. The average molecular weight is 494 g/mol. The van der Waals surface area contributed by atoms with Gasteiger partial charge in [0.1, 0.15) is 16.5 Å². The molecule has 5 nitrogen and oxygen atoms in total. The molecule has 0 amide bonds. The fraction of sp³-hybridized carbons (Fsp3) is 0.0526. The van der Waals surface area contributed by atoms with Gasteiger partial charge in [-0.2, -0.15) is 8.42 Å². The van der Waals surface area contributed by atoms with E-state index < -0.39 is 26.4 Å². The Labute approximate surface area is 186 Å². The monoisotopic (exact) mass is 492 g/mol. The highest BCUT2D eigenvalue weighted by molar-refractivity contribution is 7.87. The maximum atomic E-state index is 13.0. The van der Waals surface area contributed by atoms with Gasteiger partial charge in [0.15, 0.2) is 4.75 Å². The van der Waals surface area contributed by atoms with Crippen molar-refractivity contribution in [3.8, 4) is 11.5 Å². The van der Waals surface area contributed by atoms with Crippen molar-refractivity contribution in [2.75, 3.05) is 0 Å². The fourth-order valence-electron chi connectivity index (χ4n) is 3.22. The van der Waals surface area contributed by atoms with Gasteiger partial charge in [0.25, 0.3) is 10.1 Å². The summed E-state index contributed by atoms with van der Waals surface area (Å²) in [5.74, 6) is -1.23. The molecule has 152 valence electrons. The van der Waals surface area contributed by atoms with Crippen molar-refractivity contribution in [1.82, 2.24) is 0 Å². The summed E-state index contributed by atoms with van der Waals surface area (Å²) in [7, 11) is -5.14. The third-order valence-electron chi connectivity index (χ3n) is 4.43. The molecule has 3 N–H and O–H groups in total. The second kappa shape index (κ2) is 7.87. The van der Waals surface area contributed by atoms with Gasteiger partial charge in [-0.1, -0.05) is 70.7 Å². The number of aromatic hydroxyl groups is 2. The maximum Gasteiger partial charge on any atom is 0.283 e. The molecule has 3 aromatic rings. The van der Waals surface area contributed by atoms with Gasteiger partial charge in [-0.15, -0.1) is 0 Å². The van der Waals surface area contributed by atoms with Gasteiger partial charge < -0.3 is 10.2 Å². The Morgan fingerprint density at radius 2 is 1.41 bits per heavy atom. The highest BCUT2D eigenvalue weighted by Crippen LogP contribution is 2.53. The molecule has 0 fully saturated rings. The molecule has 0 bridgehead atoms. The predicted octanol–water partition coefficient (Wildman–Crippen LogP) is 5.89. The minimum Gasteiger partial charge on any atom is -0.508 e. The van der Waals surface area contributed by atoms with Crippen LogP contribution in [-0.4, -0.2) is 23.2 Å². The molecule has 10 heteroatoms. The lowest BCUT2D eigenvalue weighted by atomic mass is 9.83. The van der Waals surface area contributed by atoms with E-state index in [0.717, 1.165) is 0 Å². The fourth-order valence-corrected chi connectivity index (χ4v) is 5.38. The first-order valence-electron chi connectivity index (χ1n) is 7.90. The van der Waals surface area contributed by atoms with Crippen molar-refractivity contribution in [2.45, 2.75) is 4.75 Å². The summed E-state index contributed by atoms with van der Waals surface area (Å²) < 4.78 is 33.8. The van der Waals surface area contributed by atoms with Crippen molar-refractivity contribution >= 4 is 56.5 Å². The van der Waals surface area contributed by atoms with Crippen LogP contribution < -0.4 is 0 Å². The summed E-state index contributed by atoms with van der Waals surface area (Å²) in [6, 6.07) is 11.8. The maximum absolute atomic E-state index is 13.0. The van der Waals surface area contributed by atoms with Crippen LogP contribution in [0.2, 0.25) is 20.1 Å². The summed E-state index contributed by atoms with van der Waals surface area (Å²) >= 11 is 24.2. The molecule has 0 saturated heterocycles. The highest BCUT2D eigenvalue weighted by atomic mass is 35.5. The zero-order chi connectivity index (χ0) is 21.6. The van der Waals surface area contributed by atoms with Crippen LogP contribution in [0.3, 0.4) is 0 Å². The molecule has 3 aromatic carbocycles. The van der Waals surface area contributed by atoms with Crippen LogP contribution in [0.25, 0.3) is 0 Å². The Morgan fingerprint density at radius 3 is 1.97 bits per heavy atom. The number of hydrogen-bond acceptors (Lipinski definition) is 4. The van der Waals surface area contributed by atoms with E-state index in [1.165, 1.54) is 54.6 Å². The molecule has 0 radical (unpaired) electrons. The predicted molar refractivity (Wildman–Crippen MR) is 114 cm³/mol. The van der Waals surface area contributed by atoms with Crippen LogP contribution in [-0.2, 0) is 14.9 Å². The second-order valence-electron chi connectivity index (χ2n) is 6.05. The highest BCUT2D eigenvalue weighted by Gasteiger charge is 2.53. The Kier molecular flexibility index (Phi) is 5.98. The molecule has 29 heavy (non-hydrogen) atoms. The third kappa shape index (κ3) is 3.54. The van der Waals surface area contributed by atoms with Crippen LogP contribution in [0.5, 0.6) is 11.5 Å². The van der Waals surface area contributed by atoms with Crippen LogP contribution in [0.15, 0.2) is 54.6 Å². The molecule has 0 saturated carbocycles. The number of phenols is 2. The molecule has 0 aliphatic carbocycles. The Morgan fingerprint density at radius 1 is 0.793 bits per heavy atom. The third-order valence-corrected chi connectivity index (χ3v) is 7.22. The Hall–Kier alpha value is -1.67. The van der Waals surface area contributed by atoms with Crippen molar-refractivity contribution in [3.05, 3.63) is 91.4 Å². The van der Waals surface area contributed by atoms with Gasteiger partial charge in [-0.05, 0) is 35.9 Å². The quantitative estimate of drug-likeness (QED) is 0.311. The molecule has 1 atom stereocenters. The standard InChI is InChI=1S/C19H12Cl4O5S/c20-11-6-4-10(5-7-11)19(29(26,27)28,16-13(21)2-1-3-15(16)24)12-8-9-14(22)17(23)18(12)25/h1-9,24-25H,(H,26,27,28). The van der Waals surface area contributed by atoms with E-state index in [0.29, 0.717) is 5.02 Å². The van der Waals surface area contributed by atoms with E-state index in [1.54, 1.807) is 0 Å².